The Morgan fingerprint density at radius 3 is 2.92 bits per heavy atom. The highest BCUT2D eigenvalue weighted by atomic mass is 16.1. The number of dihydropyridines is 1. The van der Waals surface area contributed by atoms with E-state index in [2.05, 4.69) is 10.3 Å². The van der Waals surface area contributed by atoms with Crippen LogP contribution in [0.2, 0.25) is 0 Å². The van der Waals surface area contributed by atoms with Gasteiger partial charge in [0.15, 0.2) is 0 Å². The lowest BCUT2D eigenvalue weighted by molar-refractivity contribution is -0.109. The molecule has 0 saturated heterocycles. The molecule has 0 bridgehead atoms. The van der Waals surface area contributed by atoms with E-state index in [0.717, 1.165) is 17.7 Å². The lowest BCUT2D eigenvalue weighted by Gasteiger charge is -2.20. The second-order valence-electron chi connectivity index (χ2n) is 3.24. The fourth-order valence-corrected chi connectivity index (χ4v) is 1.54. The van der Waals surface area contributed by atoms with Crippen molar-refractivity contribution in [1.29, 1.82) is 0 Å². The smallest absolute Gasteiger partial charge is 0.207 e. The summed E-state index contributed by atoms with van der Waals surface area (Å²) in [4.78, 5) is 14.4. The minimum absolute atomic E-state index is 0.111. The van der Waals surface area contributed by atoms with E-state index in [1.54, 1.807) is 0 Å². The van der Waals surface area contributed by atoms with Crippen LogP contribution in [0.5, 0.6) is 0 Å². The van der Waals surface area contributed by atoms with Crippen LogP contribution >= 0.6 is 0 Å². The van der Waals surface area contributed by atoms with Gasteiger partial charge in [0.25, 0.3) is 0 Å². The zero-order valence-electron chi connectivity index (χ0n) is 8.00. The normalized spacial score (nSPS) is 22.7. The van der Waals surface area contributed by atoms with Gasteiger partial charge in [-0.3, -0.25) is 9.79 Å². The van der Waals surface area contributed by atoms with Crippen LogP contribution in [0.4, 0.5) is 0 Å². The first kappa shape index (κ1) is 9.92. The van der Waals surface area contributed by atoms with Gasteiger partial charge in [-0.15, -0.1) is 0 Å². The molecule has 3 N–H and O–H groups in total. The van der Waals surface area contributed by atoms with E-state index >= 15 is 0 Å². The molecule has 1 rings (SSSR count). The van der Waals surface area contributed by atoms with Gasteiger partial charge in [0, 0.05) is 18.7 Å². The van der Waals surface area contributed by atoms with Crippen molar-refractivity contribution in [1.82, 2.24) is 5.32 Å². The van der Waals surface area contributed by atoms with Crippen molar-refractivity contribution >= 4 is 12.1 Å². The first-order valence-electron chi connectivity index (χ1n) is 4.31. The summed E-state index contributed by atoms with van der Waals surface area (Å²) in [6, 6.07) is 0. The van der Waals surface area contributed by atoms with Crippen molar-refractivity contribution in [2.75, 3.05) is 6.54 Å². The van der Waals surface area contributed by atoms with E-state index in [-0.39, 0.29) is 6.17 Å². The first-order chi connectivity index (χ1) is 6.15. The van der Waals surface area contributed by atoms with Gasteiger partial charge in [0.2, 0.25) is 6.41 Å². The highest BCUT2D eigenvalue weighted by molar-refractivity contribution is 6.00. The second-order valence-corrected chi connectivity index (χ2v) is 3.24. The molecule has 1 aliphatic heterocycles. The third-order valence-corrected chi connectivity index (χ3v) is 2.19. The summed E-state index contributed by atoms with van der Waals surface area (Å²) < 4.78 is 0. The number of hydrogen-bond acceptors (Lipinski definition) is 3. The highest BCUT2D eigenvalue weighted by Gasteiger charge is 2.15. The topological polar surface area (TPSA) is 67.5 Å². The van der Waals surface area contributed by atoms with E-state index in [4.69, 9.17) is 5.73 Å². The molecule has 0 spiro atoms. The van der Waals surface area contributed by atoms with Gasteiger partial charge in [0.05, 0.1) is 0 Å². The van der Waals surface area contributed by atoms with Crippen LogP contribution in [0.15, 0.2) is 16.1 Å². The molecule has 0 aromatic carbocycles. The maximum absolute atomic E-state index is 10.1. The summed E-state index contributed by atoms with van der Waals surface area (Å²) in [7, 11) is 0. The van der Waals surface area contributed by atoms with Crippen LogP contribution in [0.3, 0.4) is 0 Å². The van der Waals surface area contributed by atoms with Crippen molar-refractivity contribution in [3.8, 4) is 0 Å². The summed E-state index contributed by atoms with van der Waals surface area (Å²) in [6.45, 7) is 4.50. The summed E-state index contributed by atoms with van der Waals surface area (Å²) in [5.74, 6) is 0. The average molecular weight is 181 g/mol. The molecule has 1 aliphatic rings. The third kappa shape index (κ3) is 2.39. The zero-order valence-corrected chi connectivity index (χ0v) is 8.00. The average Bonchev–Trinajstić information content (AvgIpc) is 2.02. The molecule has 0 saturated carbocycles. The first-order valence-corrected chi connectivity index (χ1v) is 4.31. The number of hydrogen-bond donors (Lipinski definition) is 2. The van der Waals surface area contributed by atoms with E-state index in [9.17, 15) is 4.79 Å². The molecule has 0 radical (unpaired) electrons. The Labute approximate surface area is 77.9 Å². The Hall–Kier alpha value is -1.16. The van der Waals surface area contributed by atoms with Gasteiger partial charge < -0.3 is 11.1 Å². The van der Waals surface area contributed by atoms with Gasteiger partial charge in [0.1, 0.15) is 6.17 Å². The number of nitrogens with two attached hydrogens (primary N) is 1. The number of amides is 1. The molecule has 0 aromatic heterocycles. The Morgan fingerprint density at radius 2 is 2.38 bits per heavy atom. The van der Waals surface area contributed by atoms with Crippen LogP contribution < -0.4 is 11.1 Å². The molecule has 13 heavy (non-hydrogen) atoms. The Kier molecular flexibility index (Phi) is 3.19. The molecular formula is C9H15N3O. The van der Waals surface area contributed by atoms with Gasteiger partial charge >= 0.3 is 0 Å². The Morgan fingerprint density at radius 1 is 1.69 bits per heavy atom. The van der Waals surface area contributed by atoms with Crippen LogP contribution in [0.25, 0.3) is 0 Å². The SMILES string of the molecule is CC1=NC(N)CC(C)=C1CNC=O. The van der Waals surface area contributed by atoms with Crippen LogP contribution in [-0.4, -0.2) is 24.8 Å². The standard InChI is InChI=1S/C9H15N3O/c1-6-3-9(10)12-7(2)8(6)4-11-5-13/h5,9H,3-4,10H2,1-2H3,(H,11,13). The van der Waals surface area contributed by atoms with E-state index in [0.29, 0.717) is 13.0 Å². The lowest BCUT2D eigenvalue weighted by atomic mass is 9.98. The summed E-state index contributed by atoms with van der Waals surface area (Å²) in [5.41, 5.74) is 8.95. The third-order valence-electron chi connectivity index (χ3n) is 2.19. The molecule has 72 valence electrons. The fourth-order valence-electron chi connectivity index (χ4n) is 1.54. The predicted octanol–water partition coefficient (Wildman–Crippen LogP) is 0.198. The van der Waals surface area contributed by atoms with Crippen molar-refractivity contribution in [2.45, 2.75) is 26.4 Å². The molecule has 0 fully saturated rings. The van der Waals surface area contributed by atoms with Crippen molar-refractivity contribution in [3.05, 3.63) is 11.1 Å². The summed E-state index contributed by atoms with van der Waals surface area (Å²) in [5, 5.41) is 2.63. The lowest BCUT2D eigenvalue weighted by Crippen LogP contribution is -2.28. The van der Waals surface area contributed by atoms with E-state index < -0.39 is 0 Å². The predicted molar refractivity (Wildman–Crippen MR) is 52.5 cm³/mol. The van der Waals surface area contributed by atoms with Crippen LogP contribution in [-0.2, 0) is 4.79 Å². The monoisotopic (exact) mass is 181 g/mol. The maximum Gasteiger partial charge on any atom is 0.207 e. The summed E-state index contributed by atoms with van der Waals surface area (Å²) in [6.07, 6.45) is 1.37. The van der Waals surface area contributed by atoms with Crippen molar-refractivity contribution in [3.63, 3.8) is 0 Å². The zero-order chi connectivity index (χ0) is 9.84. The van der Waals surface area contributed by atoms with Crippen molar-refractivity contribution in [2.24, 2.45) is 10.7 Å². The Balaban J connectivity index is 2.75. The van der Waals surface area contributed by atoms with Crippen LogP contribution in [0, 0.1) is 0 Å². The molecule has 1 amide bonds. The number of rotatable bonds is 3. The number of aliphatic imine (C=N–C) groups is 1. The number of carbonyl (C=O) groups is 1. The molecule has 0 aromatic rings. The fraction of sp³-hybridized carbons (Fsp3) is 0.556. The van der Waals surface area contributed by atoms with Gasteiger partial charge in [-0.2, -0.15) is 0 Å². The van der Waals surface area contributed by atoms with Crippen molar-refractivity contribution < 1.29 is 4.79 Å². The largest absolute Gasteiger partial charge is 0.355 e. The van der Waals surface area contributed by atoms with Gasteiger partial charge in [-0.1, -0.05) is 5.57 Å². The van der Waals surface area contributed by atoms with E-state index in [1.807, 2.05) is 13.8 Å². The molecule has 0 aliphatic carbocycles. The van der Waals surface area contributed by atoms with E-state index in [1.165, 1.54) is 5.57 Å². The maximum atomic E-state index is 10.1. The second kappa shape index (κ2) is 4.18. The molecule has 4 heteroatoms. The Bertz CT molecular complexity index is 268. The minimum atomic E-state index is -0.111. The minimum Gasteiger partial charge on any atom is -0.355 e. The number of nitrogens with one attached hydrogen (secondary N) is 1. The number of carbonyl (C=O) groups excluding carboxylic acids is 1. The van der Waals surface area contributed by atoms with Gasteiger partial charge in [-0.05, 0) is 19.4 Å². The van der Waals surface area contributed by atoms with Gasteiger partial charge in [-0.25, -0.2) is 0 Å². The quantitative estimate of drug-likeness (QED) is 0.611. The molecular weight excluding hydrogens is 166 g/mol. The molecule has 1 atom stereocenters. The molecule has 1 unspecified atom stereocenters. The number of nitrogens with zero attached hydrogens (tertiary/aromatic N) is 1. The highest BCUT2D eigenvalue weighted by Crippen LogP contribution is 2.17. The molecule has 4 nitrogen and oxygen atoms in total. The van der Waals surface area contributed by atoms with Crippen LogP contribution in [0.1, 0.15) is 20.3 Å². The molecule has 1 heterocycles. The summed E-state index contributed by atoms with van der Waals surface area (Å²) >= 11 is 0.